The maximum atomic E-state index is 11.6. The highest BCUT2D eigenvalue weighted by Gasteiger charge is 2.21. The second-order valence-electron chi connectivity index (χ2n) is 3.86. The Morgan fingerprint density at radius 3 is 2.33 bits per heavy atom. The molecule has 0 saturated carbocycles. The lowest BCUT2D eigenvalue weighted by atomic mass is 10.00. The zero-order valence-corrected chi connectivity index (χ0v) is 10.3. The Balaban J connectivity index is 5.04. The Morgan fingerprint density at radius 1 is 1.47 bits per heavy atom. The van der Waals surface area contributed by atoms with Gasteiger partial charge in [0, 0.05) is 6.04 Å². The number of likely N-dealkylation sites (N-methyl/N-ethyl adjacent to an activating group) is 1. The molecule has 0 bridgehead atoms. The number of carbonyl (C=O) groups excluding carboxylic acids is 1. The first-order chi connectivity index (χ1) is 6.95. The summed E-state index contributed by atoms with van der Waals surface area (Å²) in [5.41, 5.74) is 7.21. The van der Waals surface area contributed by atoms with Gasteiger partial charge < -0.3 is 15.4 Å². The molecule has 0 spiro atoms. The van der Waals surface area contributed by atoms with Crippen molar-refractivity contribution in [2.45, 2.75) is 26.3 Å². The minimum atomic E-state index is -0.262. The van der Waals surface area contributed by atoms with Gasteiger partial charge >= 0.3 is 5.97 Å². The Labute approximate surface area is 92.1 Å². The number of methoxy groups -OCH3 is 1. The summed E-state index contributed by atoms with van der Waals surface area (Å²) < 4.78 is 4.79. The summed E-state index contributed by atoms with van der Waals surface area (Å²) in [6, 6.07) is 0.0454. The molecule has 0 fully saturated rings. The lowest BCUT2D eigenvalue weighted by Gasteiger charge is -2.23. The van der Waals surface area contributed by atoms with Crippen molar-refractivity contribution in [2.75, 3.05) is 27.7 Å². The average Bonchev–Trinajstić information content (AvgIpc) is 2.17. The lowest BCUT2D eigenvalue weighted by molar-refractivity contribution is -0.136. The minimum Gasteiger partial charge on any atom is -0.466 e. The Bertz CT molecular complexity index is 247. The van der Waals surface area contributed by atoms with Crippen LogP contribution < -0.4 is 5.73 Å². The summed E-state index contributed by atoms with van der Waals surface area (Å²) in [6.07, 6.45) is 0.725. The standard InChI is InChI=1S/C11H22N2O2/c1-8(6-7-12)10(11(14)15-5)9(2)13(3)4/h9H,6-7,12H2,1-5H3. The van der Waals surface area contributed by atoms with Crippen LogP contribution in [-0.2, 0) is 9.53 Å². The molecule has 4 heteroatoms. The van der Waals surface area contributed by atoms with E-state index in [0.717, 1.165) is 12.0 Å². The van der Waals surface area contributed by atoms with Crippen molar-refractivity contribution in [3.8, 4) is 0 Å². The van der Waals surface area contributed by atoms with Gasteiger partial charge in [-0.05, 0) is 40.9 Å². The number of carbonyl (C=O) groups is 1. The maximum Gasteiger partial charge on any atom is 0.335 e. The first-order valence-corrected chi connectivity index (χ1v) is 5.10. The van der Waals surface area contributed by atoms with E-state index in [-0.39, 0.29) is 12.0 Å². The second kappa shape index (κ2) is 6.58. The van der Waals surface area contributed by atoms with Gasteiger partial charge in [-0.25, -0.2) is 4.79 Å². The molecule has 0 aromatic carbocycles. The number of esters is 1. The van der Waals surface area contributed by atoms with Crippen LogP contribution >= 0.6 is 0 Å². The number of ether oxygens (including phenoxy) is 1. The van der Waals surface area contributed by atoms with Crippen LogP contribution in [0.15, 0.2) is 11.1 Å². The van der Waals surface area contributed by atoms with Gasteiger partial charge in [-0.3, -0.25) is 0 Å². The van der Waals surface area contributed by atoms with Crippen LogP contribution in [0.25, 0.3) is 0 Å². The van der Waals surface area contributed by atoms with Crippen LogP contribution in [0.5, 0.6) is 0 Å². The molecule has 1 atom stereocenters. The van der Waals surface area contributed by atoms with Gasteiger partial charge in [-0.1, -0.05) is 5.57 Å². The summed E-state index contributed by atoms with van der Waals surface area (Å²) in [7, 11) is 5.27. The van der Waals surface area contributed by atoms with Crippen LogP contribution in [-0.4, -0.2) is 44.7 Å². The molecule has 88 valence electrons. The third-order valence-corrected chi connectivity index (χ3v) is 2.58. The van der Waals surface area contributed by atoms with Crippen molar-refractivity contribution in [3.05, 3.63) is 11.1 Å². The Kier molecular flexibility index (Phi) is 6.20. The van der Waals surface area contributed by atoms with E-state index in [9.17, 15) is 4.79 Å². The smallest absolute Gasteiger partial charge is 0.335 e. The number of hydrogen-bond acceptors (Lipinski definition) is 4. The number of hydrogen-bond donors (Lipinski definition) is 1. The molecule has 0 aromatic heterocycles. The minimum absolute atomic E-state index is 0.0454. The summed E-state index contributed by atoms with van der Waals surface area (Å²) in [5, 5.41) is 0. The van der Waals surface area contributed by atoms with E-state index in [4.69, 9.17) is 10.5 Å². The van der Waals surface area contributed by atoms with Crippen molar-refractivity contribution in [3.63, 3.8) is 0 Å². The molecule has 15 heavy (non-hydrogen) atoms. The third-order valence-electron chi connectivity index (χ3n) is 2.58. The molecule has 0 aromatic rings. The summed E-state index contributed by atoms with van der Waals surface area (Å²) in [5.74, 6) is -0.262. The molecule has 1 unspecified atom stereocenters. The predicted octanol–water partition coefficient (Wildman–Crippen LogP) is 0.775. The van der Waals surface area contributed by atoms with Crippen LogP contribution in [0.1, 0.15) is 20.3 Å². The van der Waals surface area contributed by atoms with Gasteiger partial charge in [-0.2, -0.15) is 0 Å². The molecule has 0 saturated heterocycles. The molecule has 0 rings (SSSR count). The number of nitrogens with zero attached hydrogens (tertiary/aromatic N) is 1. The van der Waals surface area contributed by atoms with E-state index in [1.165, 1.54) is 7.11 Å². The fourth-order valence-corrected chi connectivity index (χ4v) is 1.42. The molecule has 0 aliphatic carbocycles. The topological polar surface area (TPSA) is 55.6 Å². The highest BCUT2D eigenvalue weighted by Crippen LogP contribution is 2.16. The molecule has 0 heterocycles. The summed E-state index contributed by atoms with van der Waals surface area (Å²) in [4.78, 5) is 13.6. The second-order valence-corrected chi connectivity index (χ2v) is 3.86. The lowest BCUT2D eigenvalue weighted by Crippen LogP contribution is -2.31. The Hall–Kier alpha value is -0.870. The summed E-state index contributed by atoms with van der Waals surface area (Å²) in [6.45, 7) is 4.46. The predicted molar refractivity (Wildman–Crippen MR) is 61.5 cm³/mol. The molecular formula is C11H22N2O2. The first-order valence-electron chi connectivity index (χ1n) is 5.10. The molecule has 0 aliphatic rings. The van der Waals surface area contributed by atoms with Gasteiger partial charge in [0.1, 0.15) is 0 Å². The van der Waals surface area contributed by atoms with Crippen molar-refractivity contribution >= 4 is 5.97 Å². The highest BCUT2D eigenvalue weighted by molar-refractivity contribution is 5.90. The number of nitrogens with two attached hydrogens (primary N) is 1. The maximum absolute atomic E-state index is 11.6. The van der Waals surface area contributed by atoms with E-state index in [1.54, 1.807) is 0 Å². The number of rotatable bonds is 5. The SMILES string of the molecule is COC(=O)C(=C(C)CCN)C(C)N(C)C. The van der Waals surface area contributed by atoms with Crippen LogP contribution in [0.3, 0.4) is 0 Å². The fraction of sp³-hybridized carbons (Fsp3) is 0.727. The average molecular weight is 214 g/mol. The zero-order valence-electron chi connectivity index (χ0n) is 10.3. The molecule has 0 aliphatic heterocycles. The quantitative estimate of drug-likeness (QED) is 0.542. The molecule has 2 N–H and O–H groups in total. The summed E-state index contributed by atoms with van der Waals surface area (Å²) >= 11 is 0. The Morgan fingerprint density at radius 2 is 2.00 bits per heavy atom. The zero-order chi connectivity index (χ0) is 12.0. The van der Waals surface area contributed by atoms with E-state index < -0.39 is 0 Å². The van der Waals surface area contributed by atoms with Crippen LogP contribution in [0, 0.1) is 0 Å². The van der Waals surface area contributed by atoms with Crippen molar-refractivity contribution in [1.82, 2.24) is 4.90 Å². The van der Waals surface area contributed by atoms with Crippen molar-refractivity contribution in [2.24, 2.45) is 5.73 Å². The largest absolute Gasteiger partial charge is 0.466 e. The normalized spacial score (nSPS) is 14.9. The fourth-order valence-electron chi connectivity index (χ4n) is 1.42. The molecular weight excluding hydrogens is 192 g/mol. The highest BCUT2D eigenvalue weighted by atomic mass is 16.5. The van der Waals surface area contributed by atoms with Gasteiger partial charge in [-0.15, -0.1) is 0 Å². The molecule has 4 nitrogen and oxygen atoms in total. The molecule has 0 amide bonds. The van der Waals surface area contributed by atoms with E-state index in [0.29, 0.717) is 12.1 Å². The van der Waals surface area contributed by atoms with Gasteiger partial charge in [0.15, 0.2) is 0 Å². The van der Waals surface area contributed by atoms with E-state index in [2.05, 4.69) is 0 Å². The monoisotopic (exact) mass is 214 g/mol. The van der Waals surface area contributed by atoms with Gasteiger partial charge in [0.05, 0.1) is 12.7 Å². The van der Waals surface area contributed by atoms with E-state index >= 15 is 0 Å². The van der Waals surface area contributed by atoms with E-state index in [1.807, 2.05) is 32.8 Å². The van der Waals surface area contributed by atoms with Gasteiger partial charge in [0.25, 0.3) is 0 Å². The van der Waals surface area contributed by atoms with Crippen molar-refractivity contribution in [1.29, 1.82) is 0 Å². The van der Waals surface area contributed by atoms with Crippen LogP contribution in [0.4, 0.5) is 0 Å². The van der Waals surface area contributed by atoms with Crippen molar-refractivity contribution < 1.29 is 9.53 Å². The van der Waals surface area contributed by atoms with Gasteiger partial charge in [0.2, 0.25) is 0 Å². The van der Waals surface area contributed by atoms with Crippen LogP contribution in [0.2, 0.25) is 0 Å². The first kappa shape index (κ1) is 14.1. The third kappa shape index (κ3) is 4.01. The molecule has 0 radical (unpaired) electrons.